The predicted octanol–water partition coefficient (Wildman–Crippen LogP) is 1.58. The van der Waals surface area contributed by atoms with Gasteiger partial charge in [0.25, 0.3) is 0 Å². The number of esters is 1. The summed E-state index contributed by atoms with van der Waals surface area (Å²) in [6, 6.07) is 0. The van der Waals surface area contributed by atoms with Crippen LogP contribution < -0.4 is 0 Å². The summed E-state index contributed by atoms with van der Waals surface area (Å²) >= 11 is 0. The van der Waals surface area contributed by atoms with Gasteiger partial charge in [0.1, 0.15) is 0 Å². The Labute approximate surface area is 107 Å². The SMILES string of the molecule is CCOC(=O)CCN(C)Cc1noc(C(C)C)n1. The molecule has 0 aromatic carbocycles. The van der Waals surface area contributed by atoms with Gasteiger partial charge < -0.3 is 9.26 Å². The maximum absolute atomic E-state index is 11.2. The van der Waals surface area contributed by atoms with Gasteiger partial charge in [-0.1, -0.05) is 19.0 Å². The standard InChI is InChI=1S/C12H21N3O3/c1-5-17-11(16)6-7-15(4)8-10-13-12(9(2)3)18-14-10/h9H,5-8H2,1-4H3. The fraction of sp³-hybridized carbons (Fsp3) is 0.750. The van der Waals surface area contributed by atoms with Crippen LogP contribution in [0.15, 0.2) is 4.52 Å². The van der Waals surface area contributed by atoms with Crippen molar-refractivity contribution >= 4 is 5.97 Å². The molecule has 6 nitrogen and oxygen atoms in total. The van der Waals surface area contributed by atoms with Crippen LogP contribution in [-0.4, -0.2) is 41.2 Å². The molecule has 0 unspecified atom stereocenters. The van der Waals surface area contributed by atoms with Crippen LogP contribution in [0.5, 0.6) is 0 Å². The maximum Gasteiger partial charge on any atom is 0.307 e. The summed E-state index contributed by atoms with van der Waals surface area (Å²) in [4.78, 5) is 17.4. The molecule has 0 fully saturated rings. The molecule has 0 atom stereocenters. The summed E-state index contributed by atoms with van der Waals surface area (Å²) in [5.74, 6) is 1.34. The fourth-order valence-corrected chi connectivity index (χ4v) is 1.40. The minimum absolute atomic E-state index is 0.180. The van der Waals surface area contributed by atoms with Gasteiger partial charge in [-0.3, -0.25) is 9.69 Å². The third-order valence-electron chi connectivity index (χ3n) is 2.39. The molecule has 0 aliphatic rings. The van der Waals surface area contributed by atoms with E-state index in [1.54, 1.807) is 6.92 Å². The van der Waals surface area contributed by atoms with Crippen molar-refractivity contribution in [1.29, 1.82) is 0 Å². The molecular weight excluding hydrogens is 234 g/mol. The minimum atomic E-state index is -0.180. The van der Waals surface area contributed by atoms with Crippen LogP contribution in [0, 0.1) is 0 Å². The van der Waals surface area contributed by atoms with Gasteiger partial charge in [-0.2, -0.15) is 4.98 Å². The van der Waals surface area contributed by atoms with Gasteiger partial charge >= 0.3 is 5.97 Å². The van der Waals surface area contributed by atoms with Crippen molar-refractivity contribution in [3.63, 3.8) is 0 Å². The number of carbonyl (C=O) groups excluding carboxylic acids is 1. The summed E-state index contributed by atoms with van der Waals surface area (Å²) in [5.41, 5.74) is 0. The van der Waals surface area contributed by atoms with E-state index in [4.69, 9.17) is 9.26 Å². The summed E-state index contributed by atoms with van der Waals surface area (Å²) < 4.78 is 9.97. The Balaban J connectivity index is 2.34. The van der Waals surface area contributed by atoms with Gasteiger partial charge in [-0.05, 0) is 14.0 Å². The predicted molar refractivity (Wildman–Crippen MR) is 66.0 cm³/mol. The number of nitrogens with zero attached hydrogens (tertiary/aromatic N) is 3. The van der Waals surface area contributed by atoms with Crippen LogP contribution in [0.1, 0.15) is 44.8 Å². The topological polar surface area (TPSA) is 68.5 Å². The number of hydrogen-bond acceptors (Lipinski definition) is 6. The fourth-order valence-electron chi connectivity index (χ4n) is 1.40. The van der Waals surface area contributed by atoms with Crippen molar-refractivity contribution in [2.45, 2.75) is 39.7 Å². The molecule has 0 aliphatic carbocycles. The molecule has 0 spiro atoms. The second-order valence-electron chi connectivity index (χ2n) is 4.50. The van der Waals surface area contributed by atoms with Crippen LogP contribution >= 0.6 is 0 Å². The van der Waals surface area contributed by atoms with E-state index in [1.165, 1.54) is 0 Å². The molecule has 1 rings (SSSR count). The normalized spacial score (nSPS) is 11.2. The molecule has 1 heterocycles. The van der Waals surface area contributed by atoms with Gasteiger partial charge in [0.2, 0.25) is 5.89 Å². The van der Waals surface area contributed by atoms with Gasteiger partial charge in [0, 0.05) is 12.5 Å². The maximum atomic E-state index is 11.2. The lowest BCUT2D eigenvalue weighted by Gasteiger charge is -2.13. The van der Waals surface area contributed by atoms with E-state index >= 15 is 0 Å². The van der Waals surface area contributed by atoms with E-state index in [9.17, 15) is 4.79 Å². The molecule has 0 amide bonds. The first-order valence-corrected chi connectivity index (χ1v) is 6.19. The first-order valence-electron chi connectivity index (χ1n) is 6.19. The molecule has 0 radical (unpaired) electrons. The second kappa shape index (κ2) is 7.10. The lowest BCUT2D eigenvalue weighted by molar-refractivity contribution is -0.143. The van der Waals surface area contributed by atoms with Crippen LogP contribution in [-0.2, 0) is 16.1 Å². The average molecular weight is 255 g/mol. The molecule has 0 saturated heterocycles. The van der Waals surface area contributed by atoms with E-state index < -0.39 is 0 Å². The summed E-state index contributed by atoms with van der Waals surface area (Å²) in [5, 5.41) is 3.90. The summed E-state index contributed by atoms with van der Waals surface area (Å²) in [6.07, 6.45) is 0.374. The Morgan fingerprint density at radius 1 is 1.50 bits per heavy atom. The Bertz CT molecular complexity index is 376. The Morgan fingerprint density at radius 2 is 2.22 bits per heavy atom. The lowest BCUT2D eigenvalue weighted by atomic mass is 10.2. The van der Waals surface area contributed by atoms with Crippen molar-refractivity contribution in [2.75, 3.05) is 20.2 Å². The van der Waals surface area contributed by atoms with E-state index in [1.807, 2.05) is 25.8 Å². The Morgan fingerprint density at radius 3 is 2.78 bits per heavy atom. The molecule has 1 aromatic heterocycles. The monoisotopic (exact) mass is 255 g/mol. The van der Waals surface area contributed by atoms with Gasteiger partial charge in [0.15, 0.2) is 5.82 Å². The van der Waals surface area contributed by atoms with Crippen LogP contribution in [0.3, 0.4) is 0 Å². The average Bonchev–Trinajstić information content (AvgIpc) is 2.75. The Hall–Kier alpha value is -1.43. The highest BCUT2D eigenvalue weighted by Crippen LogP contribution is 2.11. The first-order chi connectivity index (χ1) is 8.52. The van der Waals surface area contributed by atoms with E-state index in [2.05, 4.69) is 10.1 Å². The Kier molecular flexibility index (Phi) is 5.77. The zero-order valence-corrected chi connectivity index (χ0v) is 11.5. The van der Waals surface area contributed by atoms with Crippen molar-refractivity contribution < 1.29 is 14.1 Å². The first kappa shape index (κ1) is 14.6. The van der Waals surface area contributed by atoms with Crippen molar-refractivity contribution in [3.05, 3.63) is 11.7 Å². The molecule has 18 heavy (non-hydrogen) atoms. The zero-order chi connectivity index (χ0) is 13.5. The van der Waals surface area contributed by atoms with Crippen molar-refractivity contribution in [1.82, 2.24) is 15.0 Å². The van der Waals surface area contributed by atoms with Crippen LogP contribution in [0.25, 0.3) is 0 Å². The minimum Gasteiger partial charge on any atom is -0.466 e. The van der Waals surface area contributed by atoms with E-state index in [-0.39, 0.29) is 11.9 Å². The van der Waals surface area contributed by atoms with Gasteiger partial charge in [-0.15, -0.1) is 0 Å². The van der Waals surface area contributed by atoms with Gasteiger partial charge in [-0.25, -0.2) is 0 Å². The number of aromatic nitrogens is 2. The number of carbonyl (C=O) groups is 1. The molecule has 1 aromatic rings. The second-order valence-corrected chi connectivity index (χ2v) is 4.50. The smallest absolute Gasteiger partial charge is 0.307 e. The van der Waals surface area contributed by atoms with Crippen molar-refractivity contribution in [2.24, 2.45) is 0 Å². The summed E-state index contributed by atoms with van der Waals surface area (Å²) in [6.45, 7) is 7.41. The molecule has 6 heteroatoms. The highest BCUT2D eigenvalue weighted by Gasteiger charge is 2.12. The highest BCUT2D eigenvalue weighted by atomic mass is 16.5. The molecule has 102 valence electrons. The zero-order valence-electron chi connectivity index (χ0n) is 11.5. The quantitative estimate of drug-likeness (QED) is 0.689. The molecular formula is C12H21N3O3. The van der Waals surface area contributed by atoms with E-state index in [0.29, 0.717) is 37.8 Å². The number of hydrogen-bond donors (Lipinski definition) is 0. The lowest BCUT2D eigenvalue weighted by Crippen LogP contribution is -2.22. The third kappa shape index (κ3) is 4.83. The van der Waals surface area contributed by atoms with Gasteiger partial charge in [0.05, 0.1) is 19.6 Å². The number of rotatable bonds is 7. The largest absolute Gasteiger partial charge is 0.466 e. The van der Waals surface area contributed by atoms with Crippen LogP contribution in [0.2, 0.25) is 0 Å². The molecule has 0 aliphatic heterocycles. The summed E-state index contributed by atoms with van der Waals surface area (Å²) in [7, 11) is 1.91. The molecule has 0 saturated carbocycles. The molecule has 0 N–H and O–H groups in total. The molecule has 0 bridgehead atoms. The van der Waals surface area contributed by atoms with Crippen molar-refractivity contribution in [3.8, 4) is 0 Å². The van der Waals surface area contributed by atoms with Crippen LogP contribution in [0.4, 0.5) is 0 Å². The third-order valence-corrected chi connectivity index (χ3v) is 2.39. The van der Waals surface area contributed by atoms with E-state index in [0.717, 1.165) is 0 Å². The highest BCUT2D eigenvalue weighted by molar-refractivity contribution is 5.69. The number of ether oxygens (including phenoxy) is 1.